The average Bonchev–Trinajstić information content (AvgIpc) is 2.77. The lowest BCUT2D eigenvalue weighted by molar-refractivity contribution is 0.178. The number of hydrogen-bond donors (Lipinski definition) is 0. The van der Waals surface area contributed by atoms with Crippen LogP contribution in [0.15, 0.2) is 78.9 Å². The lowest BCUT2D eigenvalue weighted by atomic mass is 10.2. The van der Waals surface area contributed by atoms with Gasteiger partial charge in [0.25, 0.3) is 0 Å². The van der Waals surface area contributed by atoms with Gasteiger partial charge in [0, 0.05) is 5.30 Å². The molecule has 0 radical (unpaired) electrons. The molecular weight excluding hydrogens is 375 g/mol. The van der Waals surface area contributed by atoms with Crippen LogP contribution in [0.5, 0.6) is 11.5 Å². The molecule has 29 heavy (non-hydrogen) atoms. The molecule has 0 aliphatic carbocycles. The predicted molar refractivity (Wildman–Crippen MR) is 126 cm³/mol. The summed E-state index contributed by atoms with van der Waals surface area (Å²) in [6.07, 6.45) is 2.17. The van der Waals surface area contributed by atoms with Crippen LogP contribution in [0.4, 0.5) is 0 Å². The molecule has 0 aromatic heterocycles. The average molecular weight is 407 g/mol. The fraction of sp³-hybridized carbons (Fsp3) is 0.308. The Labute approximate surface area is 176 Å². The topological polar surface area (TPSA) is 18.5 Å². The minimum atomic E-state index is -0.753. The molecule has 2 unspecified atom stereocenters. The van der Waals surface area contributed by atoms with E-state index in [9.17, 15) is 0 Å². The lowest BCUT2D eigenvalue weighted by Crippen LogP contribution is -2.25. The zero-order valence-electron chi connectivity index (χ0n) is 17.8. The van der Waals surface area contributed by atoms with E-state index in [0.717, 1.165) is 24.3 Å². The van der Waals surface area contributed by atoms with Crippen LogP contribution in [-0.2, 0) is 0 Å². The molecule has 0 saturated carbocycles. The van der Waals surface area contributed by atoms with Gasteiger partial charge >= 0.3 is 0 Å². The van der Waals surface area contributed by atoms with Crippen molar-refractivity contribution in [1.29, 1.82) is 0 Å². The molecule has 0 spiro atoms. The summed E-state index contributed by atoms with van der Waals surface area (Å²) < 4.78 is 12.8. The van der Waals surface area contributed by atoms with Crippen molar-refractivity contribution in [2.75, 3.05) is 0 Å². The molecule has 0 amide bonds. The molecule has 0 aliphatic rings. The number of para-hydroxylation sites is 1. The molecule has 3 aromatic carbocycles. The minimum absolute atomic E-state index is 0.124. The van der Waals surface area contributed by atoms with Gasteiger partial charge < -0.3 is 9.47 Å². The first-order valence-electron chi connectivity index (χ1n) is 10.5. The van der Waals surface area contributed by atoms with Gasteiger partial charge in [-0.25, -0.2) is 0 Å². The fourth-order valence-electron chi connectivity index (χ4n) is 3.06. The Morgan fingerprint density at radius 2 is 1.17 bits per heavy atom. The van der Waals surface area contributed by atoms with Crippen molar-refractivity contribution in [1.82, 2.24) is 0 Å². The minimum Gasteiger partial charge on any atom is -0.487 e. The van der Waals surface area contributed by atoms with Gasteiger partial charge in [0.05, 0.1) is 12.2 Å². The highest BCUT2D eigenvalue weighted by molar-refractivity contribution is 7.80. The second-order valence-electron chi connectivity index (χ2n) is 7.28. The molecule has 0 N–H and O–H groups in total. The van der Waals surface area contributed by atoms with Gasteiger partial charge in [-0.05, 0) is 57.4 Å². The van der Waals surface area contributed by atoms with Crippen LogP contribution in [0.25, 0.3) is 0 Å². The number of ether oxygens (including phenoxy) is 2. The van der Waals surface area contributed by atoms with E-state index in [1.807, 2.05) is 6.07 Å². The maximum atomic E-state index is 6.49. The SMILES string of the molecule is CCC(C)Oc1cccc(P(c2ccccc2)c2ccccc2)c1OC(C)CC. The third-order valence-electron chi connectivity index (χ3n) is 5.02. The van der Waals surface area contributed by atoms with Crippen LogP contribution < -0.4 is 25.4 Å². The monoisotopic (exact) mass is 406 g/mol. The Morgan fingerprint density at radius 1 is 0.655 bits per heavy atom. The van der Waals surface area contributed by atoms with Gasteiger partial charge in [-0.15, -0.1) is 0 Å². The van der Waals surface area contributed by atoms with Crippen molar-refractivity contribution < 1.29 is 9.47 Å². The van der Waals surface area contributed by atoms with Crippen molar-refractivity contribution in [2.24, 2.45) is 0 Å². The molecule has 3 heteroatoms. The smallest absolute Gasteiger partial charge is 0.169 e. The molecule has 3 aromatic rings. The third kappa shape index (κ3) is 5.40. The largest absolute Gasteiger partial charge is 0.487 e. The zero-order valence-corrected chi connectivity index (χ0v) is 18.7. The van der Waals surface area contributed by atoms with Gasteiger partial charge in [-0.3, -0.25) is 0 Å². The molecule has 0 saturated heterocycles. The van der Waals surface area contributed by atoms with Crippen LogP contribution in [-0.4, -0.2) is 12.2 Å². The Balaban J connectivity index is 2.17. The second-order valence-corrected chi connectivity index (χ2v) is 9.47. The van der Waals surface area contributed by atoms with Crippen molar-refractivity contribution in [3.63, 3.8) is 0 Å². The van der Waals surface area contributed by atoms with E-state index in [1.165, 1.54) is 15.9 Å². The molecule has 2 atom stereocenters. The van der Waals surface area contributed by atoms with Gasteiger partial charge in [0.2, 0.25) is 0 Å². The molecule has 152 valence electrons. The van der Waals surface area contributed by atoms with Crippen LogP contribution in [0.3, 0.4) is 0 Å². The Hall–Kier alpha value is -2.31. The van der Waals surface area contributed by atoms with E-state index in [0.29, 0.717) is 0 Å². The Bertz CT molecular complexity index is 840. The maximum Gasteiger partial charge on any atom is 0.169 e. The molecule has 0 aliphatic heterocycles. The van der Waals surface area contributed by atoms with Crippen LogP contribution in [0.2, 0.25) is 0 Å². The van der Waals surface area contributed by atoms with Crippen molar-refractivity contribution in [3.05, 3.63) is 78.9 Å². The van der Waals surface area contributed by atoms with Crippen LogP contribution in [0, 0.1) is 0 Å². The zero-order chi connectivity index (χ0) is 20.6. The first-order valence-corrected chi connectivity index (χ1v) is 11.8. The first kappa shape index (κ1) is 21.4. The number of rotatable bonds is 9. The second kappa shape index (κ2) is 10.5. The van der Waals surface area contributed by atoms with Crippen molar-refractivity contribution in [2.45, 2.75) is 52.7 Å². The van der Waals surface area contributed by atoms with E-state index in [-0.39, 0.29) is 12.2 Å². The highest BCUT2D eigenvalue weighted by atomic mass is 31.1. The summed E-state index contributed by atoms with van der Waals surface area (Å²) in [5.41, 5.74) is 0. The third-order valence-corrected chi connectivity index (χ3v) is 7.49. The van der Waals surface area contributed by atoms with E-state index in [4.69, 9.17) is 9.47 Å². The van der Waals surface area contributed by atoms with E-state index in [1.54, 1.807) is 0 Å². The van der Waals surface area contributed by atoms with Gasteiger partial charge in [-0.2, -0.15) is 0 Å². The van der Waals surface area contributed by atoms with E-state index < -0.39 is 7.92 Å². The highest BCUT2D eigenvalue weighted by Gasteiger charge is 2.24. The van der Waals surface area contributed by atoms with E-state index >= 15 is 0 Å². The molecule has 0 heterocycles. The summed E-state index contributed by atoms with van der Waals surface area (Å²) in [5.74, 6) is 1.73. The van der Waals surface area contributed by atoms with E-state index in [2.05, 4.69) is 100 Å². The first-order chi connectivity index (χ1) is 14.1. The Kier molecular flexibility index (Phi) is 7.72. The fourth-order valence-corrected chi connectivity index (χ4v) is 5.45. The van der Waals surface area contributed by atoms with Crippen LogP contribution >= 0.6 is 7.92 Å². The number of hydrogen-bond acceptors (Lipinski definition) is 2. The Morgan fingerprint density at radius 3 is 1.69 bits per heavy atom. The quantitative estimate of drug-likeness (QED) is 0.418. The summed E-state index contributed by atoms with van der Waals surface area (Å²) in [7, 11) is -0.753. The van der Waals surface area contributed by atoms with Gasteiger partial charge in [0.15, 0.2) is 11.5 Å². The molecular formula is C26H31O2P. The van der Waals surface area contributed by atoms with Gasteiger partial charge in [-0.1, -0.05) is 80.6 Å². The molecule has 0 fully saturated rings. The lowest BCUT2D eigenvalue weighted by Gasteiger charge is -2.26. The summed E-state index contributed by atoms with van der Waals surface area (Å²) in [4.78, 5) is 0. The summed E-state index contributed by atoms with van der Waals surface area (Å²) in [6.45, 7) is 8.53. The summed E-state index contributed by atoms with van der Waals surface area (Å²) in [5, 5.41) is 3.82. The summed E-state index contributed by atoms with van der Waals surface area (Å²) in [6, 6.07) is 27.8. The van der Waals surface area contributed by atoms with Gasteiger partial charge in [0.1, 0.15) is 0 Å². The summed E-state index contributed by atoms with van der Waals surface area (Å²) >= 11 is 0. The maximum absolute atomic E-state index is 6.49. The van der Waals surface area contributed by atoms with Crippen molar-refractivity contribution >= 4 is 23.8 Å². The predicted octanol–water partition coefficient (Wildman–Crippen LogP) is 5.80. The standard InChI is InChI=1S/C26H31O2P/c1-5-20(3)27-24-18-13-19-25(26(24)28-21(4)6-2)29(22-14-9-7-10-15-22)23-16-11-8-12-17-23/h7-21H,5-6H2,1-4H3. The normalized spacial score (nSPS) is 13.1. The highest BCUT2D eigenvalue weighted by Crippen LogP contribution is 2.41. The molecule has 0 bridgehead atoms. The van der Waals surface area contributed by atoms with Crippen LogP contribution in [0.1, 0.15) is 40.5 Å². The molecule has 2 nitrogen and oxygen atoms in total. The van der Waals surface area contributed by atoms with Crippen molar-refractivity contribution in [3.8, 4) is 11.5 Å². The molecule has 3 rings (SSSR count). The number of benzene rings is 3.